The third kappa shape index (κ3) is 3.99. The van der Waals surface area contributed by atoms with E-state index in [1.54, 1.807) is 0 Å². The van der Waals surface area contributed by atoms with E-state index in [0.29, 0.717) is 0 Å². The molecule has 0 amide bonds. The highest BCUT2D eigenvalue weighted by atomic mass is 16.6. The van der Waals surface area contributed by atoms with Crippen molar-refractivity contribution in [2.45, 2.75) is 31.5 Å². The predicted octanol–water partition coefficient (Wildman–Crippen LogP) is 0.961. The first-order chi connectivity index (χ1) is 6.45. The van der Waals surface area contributed by atoms with Crippen LogP contribution in [0.5, 0.6) is 0 Å². The summed E-state index contributed by atoms with van der Waals surface area (Å²) in [6, 6.07) is 0. The van der Waals surface area contributed by atoms with Crippen molar-refractivity contribution in [3.8, 4) is 23.7 Å². The van der Waals surface area contributed by atoms with Gasteiger partial charge in [-0.2, -0.15) is 0 Å². The maximum Gasteiger partial charge on any atom is 0.141 e. The standard InChI is InChI=1S/C11H12O2/c1(2-4-6-10-8-12-10)3-5-7-11-9-13-11/h10-11H,1-3,8-9H2. The van der Waals surface area contributed by atoms with Crippen molar-refractivity contribution in [3.63, 3.8) is 0 Å². The van der Waals surface area contributed by atoms with Crippen molar-refractivity contribution in [1.29, 1.82) is 0 Å². The lowest BCUT2D eigenvalue weighted by Crippen LogP contribution is -1.77. The minimum Gasteiger partial charge on any atom is -0.359 e. The molecule has 0 aliphatic carbocycles. The lowest BCUT2D eigenvalue weighted by atomic mass is 10.2. The molecule has 0 aromatic carbocycles. The van der Waals surface area contributed by atoms with E-state index in [0.717, 1.165) is 32.5 Å². The molecule has 2 heterocycles. The second-order valence-electron chi connectivity index (χ2n) is 3.14. The number of hydrogen-bond acceptors (Lipinski definition) is 2. The van der Waals surface area contributed by atoms with Crippen LogP contribution < -0.4 is 0 Å². The van der Waals surface area contributed by atoms with Crippen LogP contribution in [0, 0.1) is 23.7 Å². The minimum absolute atomic E-state index is 0.242. The normalized spacial score (nSPS) is 28.0. The van der Waals surface area contributed by atoms with E-state index in [2.05, 4.69) is 23.7 Å². The highest BCUT2D eigenvalue weighted by Gasteiger charge is 2.18. The molecule has 13 heavy (non-hydrogen) atoms. The number of unbranched alkanes of at least 4 members (excludes halogenated alkanes) is 2. The molecule has 2 fully saturated rings. The van der Waals surface area contributed by atoms with Crippen LogP contribution in [0.2, 0.25) is 0 Å². The predicted molar refractivity (Wildman–Crippen MR) is 48.9 cm³/mol. The number of ether oxygens (including phenoxy) is 2. The largest absolute Gasteiger partial charge is 0.359 e. The Labute approximate surface area is 78.6 Å². The molecule has 2 unspecified atom stereocenters. The van der Waals surface area contributed by atoms with E-state index in [1.807, 2.05) is 0 Å². The Kier molecular flexibility index (Phi) is 2.87. The molecule has 0 saturated carbocycles. The fourth-order valence-corrected chi connectivity index (χ4v) is 0.900. The topological polar surface area (TPSA) is 25.1 Å². The van der Waals surface area contributed by atoms with Gasteiger partial charge in [0.15, 0.2) is 0 Å². The van der Waals surface area contributed by atoms with Gasteiger partial charge in [0.1, 0.15) is 12.2 Å². The molecule has 0 aromatic heterocycles. The lowest BCUT2D eigenvalue weighted by Gasteiger charge is -1.83. The average Bonchev–Trinajstić information content (AvgIpc) is 2.99. The molecule has 2 nitrogen and oxygen atoms in total. The van der Waals surface area contributed by atoms with Gasteiger partial charge in [-0.3, -0.25) is 0 Å². The SMILES string of the molecule is C(#CC1CO1)CCCC#CC1CO1. The Morgan fingerprint density at radius 2 is 1.38 bits per heavy atom. The van der Waals surface area contributed by atoms with Crippen molar-refractivity contribution < 1.29 is 9.47 Å². The third-order valence-electron chi connectivity index (χ3n) is 1.80. The van der Waals surface area contributed by atoms with Crippen LogP contribution in [-0.4, -0.2) is 25.4 Å². The second-order valence-corrected chi connectivity index (χ2v) is 3.14. The quantitative estimate of drug-likeness (QED) is 0.356. The molecule has 0 N–H and O–H groups in total. The van der Waals surface area contributed by atoms with Crippen LogP contribution in [0.3, 0.4) is 0 Å². The Balaban J connectivity index is 1.49. The summed E-state index contributed by atoms with van der Waals surface area (Å²) in [5, 5.41) is 0. The maximum atomic E-state index is 4.96. The van der Waals surface area contributed by atoms with Gasteiger partial charge in [-0.25, -0.2) is 0 Å². The Bertz CT molecular complexity index is 249. The second kappa shape index (κ2) is 4.33. The smallest absolute Gasteiger partial charge is 0.141 e. The van der Waals surface area contributed by atoms with Crippen LogP contribution in [0.1, 0.15) is 19.3 Å². The maximum absolute atomic E-state index is 4.96. The minimum atomic E-state index is 0.242. The Morgan fingerprint density at radius 3 is 1.77 bits per heavy atom. The molecule has 68 valence electrons. The first-order valence-corrected chi connectivity index (χ1v) is 4.65. The summed E-state index contributed by atoms with van der Waals surface area (Å²) in [6.45, 7) is 1.65. The van der Waals surface area contributed by atoms with Crippen LogP contribution in [0.15, 0.2) is 0 Å². The van der Waals surface area contributed by atoms with Crippen molar-refractivity contribution in [1.82, 2.24) is 0 Å². The first kappa shape index (κ1) is 8.63. The zero-order chi connectivity index (χ0) is 8.93. The molecule has 2 heteroatoms. The van der Waals surface area contributed by atoms with E-state index in [9.17, 15) is 0 Å². The highest BCUT2D eigenvalue weighted by Crippen LogP contribution is 2.07. The van der Waals surface area contributed by atoms with Gasteiger partial charge in [-0.1, -0.05) is 11.8 Å². The summed E-state index contributed by atoms with van der Waals surface area (Å²) in [6.07, 6.45) is 3.40. The summed E-state index contributed by atoms with van der Waals surface area (Å²) in [4.78, 5) is 0. The van der Waals surface area contributed by atoms with Crippen molar-refractivity contribution in [3.05, 3.63) is 0 Å². The van der Waals surface area contributed by atoms with E-state index in [1.165, 1.54) is 0 Å². The molecule has 0 spiro atoms. The summed E-state index contributed by atoms with van der Waals surface area (Å²) in [5.74, 6) is 12.2. The molecular weight excluding hydrogens is 164 g/mol. The molecule has 2 aliphatic rings. The molecule has 2 rings (SSSR count). The summed E-state index contributed by atoms with van der Waals surface area (Å²) < 4.78 is 9.92. The van der Waals surface area contributed by atoms with Crippen LogP contribution in [0.25, 0.3) is 0 Å². The lowest BCUT2D eigenvalue weighted by molar-refractivity contribution is 0.445. The van der Waals surface area contributed by atoms with E-state index >= 15 is 0 Å². The van der Waals surface area contributed by atoms with Crippen molar-refractivity contribution in [2.75, 3.05) is 13.2 Å². The Morgan fingerprint density at radius 1 is 0.923 bits per heavy atom. The fraction of sp³-hybridized carbons (Fsp3) is 0.636. The first-order valence-electron chi connectivity index (χ1n) is 4.65. The highest BCUT2D eigenvalue weighted by molar-refractivity contribution is 5.11. The number of hydrogen-bond donors (Lipinski definition) is 0. The van der Waals surface area contributed by atoms with Crippen molar-refractivity contribution >= 4 is 0 Å². The summed E-state index contributed by atoms with van der Waals surface area (Å²) in [7, 11) is 0. The molecule has 0 bridgehead atoms. The third-order valence-corrected chi connectivity index (χ3v) is 1.80. The van der Waals surface area contributed by atoms with Gasteiger partial charge < -0.3 is 9.47 Å². The van der Waals surface area contributed by atoms with Gasteiger partial charge in [0.2, 0.25) is 0 Å². The van der Waals surface area contributed by atoms with Gasteiger partial charge in [-0.15, -0.1) is 11.8 Å². The van der Waals surface area contributed by atoms with Crippen LogP contribution >= 0.6 is 0 Å². The molecule has 0 radical (unpaired) electrons. The van der Waals surface area contributed by atoms with Crippen LogP contribution in [-0.2, 0) is 9.47 Å². The van der Waals surface area contributed by atoms with Crippen LogP contribution in [0.4, 0.5) is 0 Å². The summed E-state index contributed by atoms with van der Waals surface area (Å²) >= 11 is 0. The number of epoxide rings is 2. The van der Waals surface area contributed by atoms with Gasteiger partial charge >= 0.3 is 0 Å². The summed E-state index contributed by atoms with van der Waals surface area (Å²) in [5.41, 5.74) is 0. The van der Waals surface area contributed by atoms with Crippen molar-refractivity contribution in [2.24, 2.45) is 0 Å². The average molecular weight is 176 g/mol. The zero-order valence-electron chi connectivity index (χ0n) is 7.51. The molecule has 2 saturated heterocycles. The van der Waals surface area contributed by atoms with Gasteiger partial charge in [0, 0.05) is 12.8 Å². The van der Waals surface area contributed by atoms with Gasteiger partial charge in [0.25, 0.3) is 0 Å². The Hall–Kier alpha value is -0.960. The molecule has 2 aliphatic heterocycles. The molecular formula is C11H12O2. The molecule has 2 atom stereocenters. The zero-order valence-corrected chi connectivity index (χ0v) is 7.51. The van der Waals surface area contributed by atoms with E-state index in [-0.39, 0.29) is 12.2 Å². The van der Waals surface area contributed by atoms with Gasteiger partial charge in [-0.05, 0) is 6.42 Å². The van der Waals surface area contributed by atoms with Gasteiger partial charge in [0.05, 0.1) is 13.2 Å². The van der Waals surface area contributed by atoms with E-state index < -0.39 is 0 Å². The number of rotatable bonds is 2. The molecule has 0 aromatic rings. The monoisotopic (exact) mass is 176 g/mol. The van der Waals surface area contributed by atoms with E-state index in [4.69, 9.17) is 9.47 Å². The fourth-order valence-electron chi connectivity index (χ4n) is 0.900.